The van der Waals surface area contributed by atoms with E-state index in [1.54, 1.807) is 0 Å². The van der Waals surface area contributed by atoms with Gasteiger partial charge in [-0.05, 0) is 49.8 Å². The van der Waals surface area contributed by atoms with E-state index in [-0.39, 0.29) is 17.9 Å². The average molecular weight is 419 g/mol. The molecule has 1 amide bonds. The molecule has 2 aromatic carbocycles. The van der Waals surface area contributed by atoms with Gasteiger partial charge in [-0.3, -0.25) is 4.79 Å². The number of benzene rings is 2. The molecule has 1 fully saturated rings. The molecule has 1 saturated heterocycles. The lowest BCUT2D eigenvalue weighted by Crippen LogP contribution is -2.44. The number of piperidine rings is 1. The Balaban J connectivity index is 1.51. The highest BCUT2D eigenvalue weighted by atomic mass is 16.2. The molecule has 1 aliphatic rings. The van der Waals surface area contributed by atoms with Crippen LogP contribution in [0.5, 0.6) is 0 Å². The second-order valence-electron chi connectivity index (χ2n) is 9.16. The minimum absolute atomic E-state index is 0.0136. The molecule has 0 radical (unpaired) electrons. The SMILES string of the molecule is CC(C)CCn1c(N2CCC[C@@H](C(=O)N[C@H](C)c3ccccc3)C2)nc2ccccc21. The zero-order chi connectivity index (χ0) is 21.8. The molecule has 0 bridgehead atoms. The summed E-state index contributed by atoms with van der Waals surface area (Å²) < 4.78 is 2.35. The maximum Gasteiger partial charge on any atom is 0.225 e. The Morgan fingerprint density at radius 1 is 1.10 bits per heavy atom. The number of rotatable bonds is 7. The Labute approximate surface area is 185 Å². The van der Waals surface area contributed by atoms with Crippen molar-refractivity contribution in [2.45, 2.75) is 52.6 Å². The monoisotopic (exact) mass is 418 g/mol. The minimum Gasteiger partial charge on any atom is -0.349 e. The third-order valence-corrected chi connectivity index (χ3v) is 6.30. The Bertz CT molecular complexity index is 1010. The quantitative estimate of drug-likeness (QED) is 0.575. The van der Waals surface area contributed by atoms with Gasteiger partial charge in [-0.25, -0.2) is 4.98 Å². The summed E-state index contributed by atoms with van der Waals surface area (Å²) in [5, 5.41) is 3.23. The zero-order valence-electron chi connectivity index (χ0n) is 18.9. The van der Waals surface area contributed by atoms with Crippen LogP contribution in [0, 0.1) is 11.8 Å². The van der Waals surface area contributed by atoms with Crippen molar-refractivity contribution in [3.05, 3.63) is 60.2 Å². The third kappa shape index (κ3) is 4.92. The standard InChI is InChI=1S/C26H34N4O/c1-19(2)15-17-30-24-14-8-7-13-23(24)28-26(30)29-16-9-12-22(18-29)25(31)27-20(3)21-10-5-4-6-11-21/h4-8,10-11,13-14,19-20,22H,9,12,15-18H2,1-3H3,(H,27,31)/t20-,22-/m1/s1. The van der Waals surface area contributed by atoms with E-state index in [0.29, 0.717) is 5.92 Å². The highest BCUT2D eigenvalue weighted by Gasteiger charge is 2.29. The van der Waals surface area contributed by atoms with Crippen molar-refractivity contribution in [3.63, 3.8) is 0 Å². The fourth-order valence-corrected chi connectivity index (χ4v) is 4.44. The van der Waals surface area contributed by atoms with E-state index >= 15 is 0 Å². The smallest absolute Gasteiger partial charge is 0.225 e. The summed E-state index contributed by atoms with van der Waals surface area (Å²) in [4.78, 5) is 20.4. The fraction of sp³-hybridized carbons (Fsp3) is 0.462. The summed E-state index contributed by atoms with van der Waals surface area (Å²) in [6, 6.07) is 18.5. The van der Waals surface area contributed by atoms with Gasteiger partial charge in [-0.1, -0.05) is 56.3 Å². The molecule has 5 heteroatoms. The van der Waals surface area contributed by atoms with Gasteiger partial charge in [0.1, 0.15) is 0 Å². The van der Waals surface area contributed by atoms with Crippen molar-refractivity contribution in [2.24, 2.45) is 11.8 Å². The number of hydrogen-bond acceptors (Lipinski definition) is 3. The third-order valence-electron chi connectivity index (χ3n) is 6.30. The first-order valence-electron chi connectivity index (χ1n) is 11.6. The number of aryl methyl sites for hydroxylation is 1. The van der Waals surface area contributed by atoms with E-state index in [1.807, 2.05) is 24.3 Å². The molecule has 4 rings (SSSR count). The van der Waals surface area contributed by atoms with Crippen LogP contribution in [0.3, 0.4) is 0 Å². The predicted octanol–water partition coefficient (Wildman–Crippen LogP) is 5.18. The van der Waals surface area contributed by atoms with Gasteiger partial charge in [0.15, 0.2) is 0 Å². The number of anilines is 1. The fourth-order valence-electron chi connectivity index (χ4n) is 4.44. The second kappa shape index (κ2) is 9.54. The molecule has 0 aliphatic carbocycles. The van der Waals surface area contributed by atoms with Crippen molar-refractivity contribution < 1.29 is 4.79 Å². The van der Waals surface area contributed by atoms with Crippen LogP contribution in [0.1, 0.15) is 51.6 Å². The van der Waals surface area contributed by atoms with Gasteiger partial charge >= 0.3 is 0 Å². The molecule has 1 aromatic heterocycles. The van der Waals surface area contributed by atoms with Crippen LogP contribution in [-0.2, 0) is 11.3 Å². The van der Waals surface area contributed by atoms with Crippen molar-refractivity contribution in [3.8, 4) is 0 Å². The molecule has 0 saturated carbocycles. The van der Waals surface area contributed by atoms with Gasteiger partial charge in [-0.15, -0.1) is 0 Å². The number of amides is 1. The molecular formula is C26H34N4O. The first-order valence-corrected chi connectivity index (χ1v) is 11.6. The topological polar surface area (TPSA) is 50.2 Å². The molecular weight excluding hydrogens is 384 g/mol. The highest BCUT2D eigenvalue weighted by molar-refractivity contribution is 5.81. The lowest BCUT2D eigenvalue weighted by molar-refractivity contribution is -0.125. The van der Waals surface area contributed by atoms with Gasteiger partial charge in [-0.2, -0.15) is 0 Å². The Morgan fingerprint density at radius 3 is 2.61 bits per heavy atom. The summed E-state index contributed by atoms with van der Waals surface area (Å²) in [6.45, 7) is 9.19. The molecule has 1 N–H and O–H groups in total. The van der Waals surface area contributed by atoms with Crippen molar-refractivity contribution in [1.82, 2.24) is 14.9 Å². The number of imidazole rings is 1. The molecule has 31 heavy (non-hydrogen) atoms. The van der Waals surface area contributed by atoms with E-state index in [2.05, 4.69) is 65.9 Å². The summed E-state index contributed by atoms with van der Waals surface area (Å²) in [7, 11) is 0. The number of para-hydroxylation sites is 2. The Morgan fingerprint density at radius 2 is 1.84 bits per heavy atom. The van der Waals surface area contributed by atoms with Gasteiger partial charge in [0, 0.05) is 19.6 Å². The predicted molar refractivity (Wildman–Crippen MR) is 127 cm³/mol. The van der Waals surface area contributed by atoms with Crippen LogP contribution in [0.2, 0.25) is 0 Å². The van der Waals surface area contributed by atoms with Gasteiger partial charge in [0.25, 0.3) is 0 Å². The molecule has 5 nitrogen and oxygen atoms in total. The molecule has 2 heterocycles. The van der Waals surface area contributed by atoms with Crippen LogP contribution in [0.15, 0.2) is 54.6 Å². The number of nitrogens with zero attached hydrogens (tertiary/aromatic N) is 3. The van der Waals surface area contributed by atoms with Crippen LogP contribution in [0.4, 0.5) is 5.95 Å². The van der Waals surface area contributed by atoms with Crippen molar-refractivity contribution in [2.75, 3.05) is 18.0 Å². The number of fused-ring (bicyclic) bond motifs is 1. The lowest BCUT2D eigenvalue weighted by atomic mass is 9.96. The summed E-state index contributed by atoms with van der Waals surface area (Å²) >= 11 is 0. The molecule has 3 aromatic rings. The largest absolute Gasteiger partial charge is 0.349 e. The first kappa shape index (κ1) is 21.4. The second-order valence-corrected chi connectivity index (χ2v) is 9.16. The van der Waals surface area contributed by atoms with E-state index in [9.17, 15) is 4.79 Å². The van der Waals surface area contributed by atoms with Crippen molar-refractivity contribution >= 4 is 22.9 Å². The van der Waals surface area contributed by atoms with Crippen LogP contribution in [-0.4, -0.2) is 28.5 Å². The van der Waals surface area contributed by atoms with E-state index < -0.39 is 0 Å². The Hall–Kier alpha value is -2.82. The van der Waals surface area contributed by atoms with Crippen molar-refractivity contribution in [1.29, 1.82) is 0 Å². The minimum atomic E-state index is -0.0155. The van der Waals surface area contributed by atoms with E-state index in [1.165, 1.54) is 5.52 Å². The van der Waals surface area contributed by atoms with E-state index in [0.717, 1.165) is 55.9 Å². The summed E-state index contributed by atoms with van der Waals surface area (Å²) in [5.41, 5.74) is 3.35. The number of carbonyl (C=O) groups excluding carboxylic acids is 1. The maximum atomic E-state index is 13.1. The van der Waals surface area contributed by atoms with Gasteiger partial charge in [0.2, 0.25) is 11.9 Å². The summed E-state index contributed by atoms with van der Waals surface area (Å²) in [6.07, 6.45) is 3.04. The molecule has 0 unspecified atom stereocenters. The summed E-state index contributed by atoms with van der Waals surface area (Å²) in [5.74, 6) is 1.77. The molecule has 164 valence electrons. The normalized spacial score (nSPS) is 17.8. The zero-order valence-corrected chi connectivity index (χ0v) is 18.9. The number of nitrogens with one attached hydrogen (secondary N) is 1. The number of carbonyl (C=O) groups is 1. The lowest BCUT2D eigenvalue weighted by Gasteiger charge is -2.33. The number of aromatic nitrogens is 2. The van der Waals surface area contributed by atoms with Crippen LogP contribution in [0.25, 0.3) is 11.0 Å². The number of hydrogen-bond donors (Lipinski definition) is 1. The van der Waals surface area contributed by atoms with Gasteiger partial charge in [0.05, 0.1) is 23.0 Å². The Kier molecular flexibility index (Phi) is 6.59. The first-order chi connectivity index (χ1) is 15.0. The van der Waals surface area contributed by atoms with Crippen LogP contribution >= 0.6 is 0 Å². The molecule has 1 aliphatic heterocycles. The molecule has 0 spiro atoms. The van der Waals surface area contributed by atoms with Gasteiger partial charge < -0.3 is 14.8 Å². The maximum absolute atomic E-state index is 13.1. The van der Waals surface area contributed by atoms with Crippen LogP contribution < -0.4 is 10.2 Å². The highest BCUT2D eigenvalue weighted by Crippen LogP contribution is 2.28. The average Bonchev–Trinajstić information content (AvgIpc) is 3.17. The molecule has 2 atom stereocenters. The van der Waals surface area contributed by atoms with E-state index in [4.69, 9.17) is 4.98 Å².